The standard InChI is InChI=1S/C13H19N5O3/c1-8-12(18(20)21)11(16-15-8)13(19)17-4-2-9-6-14-7-10(9)3-5-17/h9-10,14H,2-7H2,1H3,(H,15,16)/t9-,10+. The average Bonchev–Trinajstić information content (AvgIpc) is 3.00. The summed E-state index contributed by atoms with van der Waals surface area (Å²) in [6, 6.07) is 0. The van der Waals surface area contributed by atoms with E-state index in [9.17, 15) is 14.9 Å². The molecule has 1 aromatic heterocycles. The van der Waals surface area contributed by atoms with Crippen molar-refractivity contribution in [2.45, 2.75) is 19.8 Å². The van der Waals surface area contributed by atoms with Crippen molar-refractivity contribution >= 4 is 11.6 Å². The van der Waals surface area contributed by atoms with Crippen LogP contribution in [-0.2, 0) is 0 Å². The third-order valence-corrected chi connectivity index (χ3v) is 4.61. The van der Waals surface area contributed by atoms with Crippen molar-refractivity contribution in [3.05, 3.63) is 21.5 Å². The summed E-state index contributed by atoms with van der Waals surface area (Å²) in [5, 5.41) is 20.9. The maximum atomic E-state index is 12.5. The number of hydrogen-bond acceptors (Lipinski definition) is 5. The molecule has 3 rings (SSSR count). The quantitative estimate of drug-likeness (QED) is 0.617. The van der Waals surface area contributed by atoms with Crippen molar-refractivity contribution in [3.63, 3.8) is 0 Å². The van der Waals surface area contributed by atoms with E-state index in [2.05, 4.69) is 15.5 Å². The number of likely N-dealkylation sites (tertiary alicyclic amines) is 1. The number of rotatable bonds is 2. The molecule has 2 aliphatic heterocycles. The van der Waals surface area contributed by atoms with Crippen molar-refractivity contribution < 1.29 is 9.72 Å². The van der Waals surface area contributed by atoms with Gasteiger partial charge in [-0.1, -0.05) is 0 Å². The Bertz CT molecular complexity index is 556. The Morgan fingerprint density at radius 1 is 1.33 bits per heavy atom. The minimum absolute atomic E-state index is 0.0670. The van der Waals surface area contributed by atoms with Gasteiger partial charge < -0.3 is 10.2 Å². The minimum Gasteiger partial charge on any atom is -0.337 e. The fourth-order valence-electron chi connectivity index (χ4n) is 3.37. The second-order valence-corrected chi connectivity index (χ2v) is 5.85. The van der Waals surface area contributed by atoms with Crippen LogP contribution in [0.25, 0.3) is 0 Å². The largest absolute Gasteiger partial charge is 0.337 e. The van der Waals surface area contributed by atoms with E-state index in [0.29, 0.717) is 30.6 Å². The molecule has 3 heterocycles. The molecule has 0 aliphatic carbocycles. The number of carbonyl (C=O) groups excluding carboxylic acids is 1. The predicted molar refractivity (Wildman–Crippen MR) is 75.0 cm³/mol. The van der Waals surface area contributed by atoms with Gasteiger partial charge >= 0.3 is 5.69 Å². The zero-order valence-corrected chi connectivity index (χ0v) is 12.0. The van der Waals surface area contributed by atoms with Gasteiger partial charge in [-0.25, -0.2) is 0 Å². The van der Waals surface area contributed by atoms with Gasteiger partial charge in [-0.05, 0) is 44.7 Å². The highest BCUT2D eigenvalue weighted by Gasteiger charge is 2.35. The second-order valence-electron chi connectivity index (χ2n) is 5.85. The van der Waals surface area contributed by atoms with E-state index in [-0.39, 0.29) is 17.3 Å². The van der Waals surface area contributed by atoms with Crippen molar-refractivity contribution in [1.29, 1.82) is 0 Å². The van der Waals surface area contributed by atoms with Crippen molar-refractivity contribution in [2.75, 3.05) is 26.2 Å². The predicted octanol–water partition coefficient (Wildman–Crippen LogP) is 0.698. The third kappa shape index (κ3) is 2.51. The number of nitrogens with one attached hydrogen (secondary N) is 2. The van der Waals surface area contributed by atoms with Crippen LogP contribution in [0.2, 0.25) is 0 Å². The highest BCUT2D eigenvalue weighted by Crippen LogP contribution is 2.29. The summed E-state index contributed by atoms with van der Waals surface area (Å²) in [5.41, 5.74) is 0.0491. The Morgan fingerprint density at radius 2 is 1.95 bits per heavy atom. The maximum absolute atomic E-state index is 12.5. The molecular formula is C13H19N5O3. The molecule has 0 spiro atoms. The molecule has 1 aromatic rings. The van der Waals surface area contributed by atoms with Gasteiger partial charge in [-0.15, -0.1) is 0 Å². The van der Waals surface area contributed by atoms with Gasteiger partial charge in [0.15, 0.2) is 0 Å². The number of aryl methyl sites for hydroxylation is 1. The molecule has 0 aromatic carbocycles. The van der Waals surface area contributed by atoms with E-state index in [1.807, 2.05) is 0 Å². The fourth-order valence-corrected chi connectivity index (χ4v) is 3.37. The van der Waals surface area contributed by atoms with Crippen LogP contribution in [0.15, 0.2) is 0 Å². The van der Waals surface area contributed by atoms with E-state index in [4.69, 9.17) is 0 Å². The lowest BCUT2D eigenvalue weighted by Gasteiger charge is -2.19. The van der Waals surface area contributed by atoms with Crippen LogP contribution in [0.4, 0.5) is 5.69 Å². The summed E-state index contributed by atoms with van der Waals surface area (Å²) in [7, 11) is 0. The molecule has 114 valence electrons. The maximum Gasteiger partial charge on any atom is 0.322 e. The molecule has 0 radical (unpaired) electrons. The monoisotopic (exact) mass is 293 g/mol. The van der Waals surface area contributed by atoms with Gasteiger partial charge in [-0.3, -0.25) is 20.0 Å². The smallest absolute Gasteiger partial charge is 0.322 e. The van der Waals surface area contributed by atoms with Gasteiger partial charge in [-0.2, -0.15) is 5.10 Å². The van der Waals surface area contributed by atoms with Crippen molar-refractivity contribution in [3.8, 4) is 0 Å². The average molecular weight is 293 g/mol. The van der Waals surface area contributed by atoms with Gasteiger partial charge in [0.25, 0.3) is 5.91 Å². The molecule has 2 fully saturated rings. The lowest BCUT2D eigenvalue weighted by atomic mass is 9.92. The van der Waals surface area contributed by atoms with E-state index >= 15 is 0 Å². The summed E-state index contributed by atoms with van der Waals surface area (Å²) >= 11 is 0. The Hall–Kier alpha value is -1.96. The lowest BCUT2D eigenvalue weighted by Crippen LogP contribution is -2.33. The lowest BCUT2D eigenvalue weighted by molar-refractivity contribution is -0.385. The highest BCUT2D eigenvalue weighted by molar-refractivity contribution is 5.96. The molecule has 0 unspecified atom stereocenters. The molecule has 0 bridgehead atoms. The molecule has 2 saturated heterocycles. The third-order valence-electron chi connectivity index (χ3n) is 4.61. The molecule has 0 saturated carbocycles. The summed E-state index contributed by atoms with van der Waals surface area (Å²) < 4.78 is 0. The van der Waals surface area contributed by atoms with Crippen LogP contribution in [0, 0.1) is 28.9 Å². The summed E-state index contributed by atoms with van der Waals surface area (Å²) in [6.45, 7) is 4.86. The molecule has 1 amide bonds. The molecule has 8 nitrogen and oxygen atoms in total. The Morgan fingerprint density at radius 3 is 2.52 bits per heavy atom. The highest BCUT2D eigenvalue weighted by atomic mass is 16.6. The zero-order chi connectivity index (χ0) is 15.0. The van der Waals surface area contributed by atoms with Crippen LogP contribution in [0.1, 0.15) is 29.0 Å². The summed E-state index contributed by atoms with van der Waals surface area (Å²) in [6.07, 6.45) is 1.89. The fraction of sp³-hybridized carbons (Fsp3) is 0.692. The van der Waals surface area contributed by atoms with Crippen LogP contribution in [0.5, 0.6) is 0 Å². The second kappa shape index (κ2) is 5.44. The van der Waals surface area contributed by atoms with Crippen LogP contribution in [-0.4, -0.2) is 52.1 Å². The first-order valence-electron chi connectivity index (χ1n) is 7.27. The molecule has 8 heteroatoms. The van der Waals surface area contributed by atoms with Gasteiger partial charge in [0.1, 0.15) is 5.69 Å². The number of aromatic nitrogens is 2. The number of nitro groups is 1. The summed E-state index contributed by atoms with van der Waals surface area (Å²) in [4.78, 5) is 24.8. The van der Waals surface area contributed by atoms with E-state index < -0.39 is 4.92 Å². The number of hydrogen-bond donors (Lipinski definition) is 2. The van der Waals surface area contributed by atoms with Crippen molar-refractivity contribution in [2.24, 2.45) is 11.8 Å². The number of fused-ring (bicyclic) bond motifs is 1. The van der Waals surface area contributed by atoms with Gasteiger partial charge in [0.05, 0.1) is 4.92 Å². The Balaban J connectivity index is 1.78. The van der Waals surface area contributed by atoms with Crippen LogP contribution in [0.3, 0.4) is 0 Å². The number of amides is 1. The molecule has 21 heavy (non-hydrogen) atoms. The number of H-pyrrole nitrogens is 1. The van der Waals surface area contributed by atoms with Gasteiger partial charge in [0, 0.05) is 13.1 Å². The van der Waals surface area contributed by atoms with E-state index in [1.54, 1.807) is 11.8 Å². The molecule has 2 N–H and O–H groups in total. The Kier molecular flexibility index (Phi) is 3.62. The zero-order valence-electron chi connectivity index (χ0n) is 12.0. The summed E-state index contributed by atoms with van der Waals surface area (Å²) in [5.74, 6) is 0.886. The SMILES string of the molecule is Cc1[nH]nc(C(=O)N2CC[C@@H]3CNC[C@@H]3CC2)c1[N+](=O)[O-]. The number of aromatic amines is 1. The molecule has 2 atom stereocenters. The first-order valence-corrected chi connectivity index (χ1v) is 7.27. The first kappa shape index (κ1) is 14.0. The minimum atomic E-state index is -0.539. The van der Waals surface area contributed by atoms with Crippen LogP contribution < -0.4 is 5.32 Å². The topological polar surface area (TPSA) is 104 Å². The normalized spacial score (nSPS) is 25.5. The Labute approximate surface area is 122 Å². The number of nitrogens with zero attached hydrogens (tertiary/aromatic N) is 3. The molecular weight excluding hydrogens is 274 g/mol. The van der Waals surface area contributed by atoms with Gasteiger partial charge in [0.2, 0.25) is 5.69 Å². The van der Waals surface area contributed by atoms with E-state index in [1.165, 1.54) is 0 Å². The number of carbonyl (C=O) groups is 1. The molecule has 2 aliphatic rings. The van der Waals surface area contributed by atoms with E-state index in [0.717, 1.165) is 25.9 Å². The first-order chi connectivity index (χ1) is 10.1. The van der Waals surface area contributed by atoms with Crippen LogP contribution >= 0.6 is 0 Å². The van der Waals surface area contributed by atoms with Crippen molar-refractivity contribution in [1.82, 2.24) is 20.4 Å².